The number of hydrogen-bond acceptors (Lipinski definition) is 14. The third kappa shape index (κ3) is 7.32. The number of nitrogen functional groups attached to an aromatic ring is 1. The number of carboxylic acids is 1. The number of benzene rings is 5. The van der Waals surface area contributed by atoms with Crippen molar-refractivity contribution in [2.24, 2.45) is 20.4 Å². The van der Waals surface area contributed by atoms with Crippen LogP contribution in [0.5, 0.6) is 0 Å². The summed E-state index contributed by atoms with van der Waals surface area (Å²) in [6.45, 7) is 0. The van der Waals surface area contributed by atoms with Gasteiger partial charge in [-0.1, -0.05) is 30.3 Å². The van der Waals surface area contributed by atoms with Gasteiger partial charge < -0.3 is 10.8 Å². The van der Waals surface area contributed by atoms with E-state index in [4.69, 9.17) is 5.73 Å². The predicted molar refractivity (Wildman–Crippen MR) is 209 cm³/mol. The summed E-state index contributed by atoms with van der Waals surface area (Å²) >= 11 is 0. The summed E-state index contributed by atoms with van der Waals surface area (Å²) in [6.07, 6.45) is 4.58. The highest BCUT2D eigenvalue weighted by molar-refractivity contribution is 7.91. The number of azo groups is 1. The fourth-order valence-electron chi connectivity index (χ4n) is 5.89. The molecule has 5 aromatic rings. The summed E-state index contributed by atoms with van der Waals surface area (Å²) in [5.74, 6) is -2.87. The molecule has 19 heteroatoms. The number of allylic oxidation sites excluding steroid dienone is 4. The van der Waals surface area contributed by atoms with Crippen LogP contribution in [0.25, 0.3) is 27.6 Å². The van der Waals surface area contributed by atoms with Gasteiger partial charge in [-0.2, -0.15) is 27.0 Å². The molecule has 2 aliphatic carbocycles. The number of aliphatic carboxylic acids is 1. The fraction of sp³-hybridized carbons (Fsp3) is 0. The highest BCUT2D eigenvalue weighted by Gasteiger charge is 2.33. The predicted octanol–water partition coefficient (Wildman–Crippen LogP) is 6.05. The van der Waals surface area contributed by atoms with E-state index in [1.165, 1.54) is 48.5 Å². The molecule has 0 atom stereocenters. The number of hydrazone groups is 2. The van der Waals surface area contributed by atoms with Gasteiger partial charge in [-0.3, -0.25) is 29.5 Å². The van der Waals surface area contributed by atoms with Gasteiger partial charge in [-0.25, -0.2) is 4.79 Å². The molecule has 7 rings (SSSR count). The maximum atomic E-state index is 13.3. The number of carbonyl (C=O) groups is 3. The summed E-state index contributed by atoms with van der Waals surface area (Å²) in [5.41, 5.74) is 12.2. The summed E-state index contributed by atoms with van der Waals surface area (Å²) in [4.78, 5) is 35.5. The van der Waals surface area contributed by atoms with Gasteiger partial charge in [0.05, 0.1) is 33.4 Å². The molecular formula is C37H25N7O10S2. The molecule has 280 valence electrons. The average Bonchev–Trinajstić information content (AvgIpc) is 3.15. The first-order chi connectivity index (χ1) is 26.6. The maximum absolute atomic E-state index is 13.3. The van der Waals surface area contributed by atoms with Gasteiger partial charge in [-0.05, 0) is 84.5 Å². The zero-order chi connectivity index (χ0) is 39.9. The second kappa shape index (κ2) is 14.2. The molecule has 0 radical (unpaired) electrons. The molecule has 56 heavy (non-hydrogen) atoms. The number of Topliss-reactive ketones (excluding diaryl/α,β-unsaturated/α-hetero) is 1. The zero-order valence-corrected chi connectivity index (χ0v) is 29.9. The van der Waals surface area contributed by atoms with Crippen molar-refractivity contribution in [1.29, 1.82) is 0 Å². The smallest absolute Gasteiger partial charge is 0.339 e. The molecule has 0 spiro atoms. The molecule has 0 saturated heterocycles. The normalized spacial score (nSPS) is 16.0. The van der Waals surface area contributed by atoms with Crippen LogP contribution < -0.4 is 16.6 Å². The molecule has 0 unspecified atom stereocenters. The van der Waals surface area contributed by atoms with Gasteiger partial charge >= 0.3 is 5.97 Å². The largest absolute Gasteiger partial charge is 0.478 e. The van der Waals surface area contributed by atoms with Crippen molar-refractivity contribution in [3.05, 3.63) is 125 Å². The minimum absolute atomic E-state index is 0.126. The van der Waals surface area contributed by atoms with E-state index in [-0.39, 0.29) is 33.6 Å². The first-order valence-electron chi connectivity index (χ1n) is 16.0. The van der Waals surface area contributed by atoms with Crippen LogP contribution in [0.4, 0.5) is 28.4 Å². The molecule has 0 saturated carbocycles. The van der Waals surface area contributed by atoms with E-state index in [0.29, 0.717) is 33.2 Å². The SMILES string of the molecule is Nc1ccc2c(c1)C=C(S(=O)(=O)O)C(=NNc1ccc(N=Nc3ccc(NN=C4C=CC(=O)C(C(=O)O)=C4)c4ccc(S(=O)(=O)O)cc34)c3ccccc13)C2=O. The van der Waals surface area contributed by atoms with E-state index in [1.54, 1.807) is 42.5 Å². The summed E-state index contributed by atoms with van der Waals surface area (Å²) < 4.78 is 68.4. The molecule has 0 aliphatic heterocycles. The quantitative estimate of drug-likeness (QED) is 0.0248. The number of nitrogens with two attached hydrogens (primary N) is 1. The lowest BCUT2D eigenvalue weighted by Crippen LogP contribution is -2.27. The van der Waals surface area contributed by atoms with Crippen LogP contribution in [0, 0.1) is 0 Å². The van der Waals surface area contributed by atoms with Gasteiger partial charge in [0.25, 0.3) is 20.2 Å². The highest BCUT2D eigenvalue weighted by atomic mass is 32.2. The second-order valence-corrected chi connectivity index (χ2v) is 14.9. The Morgan fingerprint density at radius 2 is 1.32 bits per heavy atom. The summed E-state index contributed by atoms with van der Waals surface area (Å²) in [6, 6.07) is 21.1. The number of nitrogens with zero attached hydrogens (tertiary/aromatic N) is 4. The van der Waals surface area contributed by atoms with Crippen molar-refractivity contribution in [1.82, 2.24) is 0 Å². The minimum Gasteiger partial charge on any atom is -0.478 e. The van der Waals surface area contributed by atoms with Crippen molar-refractivity contribution < 1.29 is 45.4 Å². The standard InChI is InChI=1S/C37H25N7O10S2/c38-20-5-8-23-19(15-20)16-34(56(52,53)54)35(36(23)46)44-43-30-11-10-29(24-3-1-2-4-25(24)30)41-42-32-13-12-31(26-9-7-22(18-27(26)32)55(49,50)51)40-39-21-6-14-33(45)28(17-21)37(47)48/h1-18,40,43H,38H2,(H,47,48)(H,49,50,51)(H,52,53,54). The Hall–Kier alpha value is -7.19. The van der Waals surface area contributed by atoms with E-state index in [0.717, 1.165) is 18.2 Å². The molecule has 5 aromatic carbocycles. The van der Waals surface area contributed by atoms with Crippen LogP contribution in [0.15, 0.2) is 139 Å². The number of ketones is 2. The molecule has 0 bridgehead atoms. The number of hydrogen-bond donors (Lipinski definition) is 6. The van der Waals surface area contributed by atoms with Crippen molar-refractivity contribution in [2.75, 3.05) is 16.6 Å². The lowest BCUT2D eigenvalue weighted by atomic mass is 9.94. The number of rotatable bonds is 9. The van der Waals surface area contributed by atoms with Crippen LogP contribution in [0.3, 0.4) is 0 Å². The number of nitrogens with one attached hydrogen (secondary N) is 2. The van der Waals surface area contributed by atoms with Crippen molar-refractivity contribution >= 4 is 105 Å². The Morgan fingerprint density at radius 3 is 1.98 bits per heavy atom. The number of anilines is 3. The Kier molecular flexibility index (Phi) is 9.44. The Bertz CT molecular complexity index is 3010. The third-order valence-electron chi connectivity index (χ3n) is 8.55. The molecule has 17 nitrogen and oxygen atoms in total. The lowest BCUT2D eigenvalue weighted by molar-refractivity contribution is -0.134. The molecule has 0 amide bonds. The van der Waals surface area contributed by atoms with Crippen molar-refractivity contribution in [2.45, 2.75) is 4.90 Å². The van der Waals surface area contributed by atoms with Crippen LogP contribution in [0.2, 0.25) is 0 Å². The Labute approximate surface area is 316 Å². The second-order valence-electron chi connectivity index (χ2n) is 12.1. The van der Waals surface area contributed by atoms with Gasteiger partial charge in [0.1, 0.15) is 10.5 Å². The van der Waals surface area contributed by atoms with E-state index < -0.39 is 58.9 Å². The Balaban J connectivity index is 1.24. The minimum atomic E-state index is -4.89. The van der Waals surface area contributed by atoms with E-state index in [1.807, 2.05) is 0 Å². The summed E-state index contributed by atoms with van der Waals surface area (Å²) in [7, 11) is -9.53. The molecule has 0 heterocycles. The van der Waals surface area contributed by atoms with Gasteiger partial charge in [0.15, 0.2) is 11.5 Å². The van der Waals surface area contributed by atoms with Gasteiger partial charge in [-0.15, -0.1) is 10.2 Å². The first kappa shape index (κ1) is 37.1. The monoisotopic (exact) mass is 791 g/mol. The van der Waals surface area contributed by atoms with E-state index in [9.17, 15) is 45.4 Å². The molecule has 0 fully saturated rings. The fourth-order valence-corrected chi connectivity index (χ4v) is 7.05. The molecule has 2 aliphatic rings. The maximum Gasteiger partial charge on any atom is 0.339 e. The number of fused-ring (bicyclic) bond motifs is 3. The van der Waals surface area contributed by atoms with Crippen LogP contribution >= 0.6 is 0 Å². The van der Waals surface area contributed by atoms with Crippen molar-refractivity contribution in [3.63, 3.8) is 0 Å². The molecule has 7 N–H and O–H groups in total. The summed E-state index contributed by atoms with van der Waals surface area (Å²) in [5, 5.41) is 28.0. The zero-order valence-electron chi connectivity index (χ0n) is 28.3. The van der Waals surface area contributed by atoms with E-state index >= 15 is 0 Å². The van der Waals surface area contributed by atoms with Crippen LogP contribution in [-0.4, -0.2) is 60.0 Å². The van der Waals surface area contributed by atoms with E-state index in [2.05, 4.69) is 31.3 Å². The number of carbonyl (C=O) groups excluding carboxylic acids is 2. The molecule has 0 aromatic heterocycles. The molecular weight excluding hydrogens is 767 g/mol. The lowest BCUT2D eigenvalue weighted by Gasteiger charge is -2.17. The number of carboxylic acid groups (broad SMARTS) is 1. The Morgan fingerprint density at radius 1 is 0.679 bits per heavy atom. The third-order valence-corrected chi connectivity index (χ3v) is 10.3. The highest BCUT2D eigenvalue weighted by Crippen LogP contribution is 2.37. The average molecular weight is 792 g/mol. The van der Waals surface area contributed by atoms with Crippen LogP contribution in [-0.2, 0) is 29.8 Å². The van der Waals surface area contributed by atoms with Gasteiger partial charge in [0, 0.05) is 32.8 Å². The van der Waals surface area contributed by atoms with Crippen molar-refractivity contribution in [3.8, 4) is 0 Å². The van der Waals surface area contributed by atoms with Crippen LogP contribution in [0.1, 0.15) is 15.9 Å². The van der Waals surface area contributed by atoms with Gasteiger partial charge in [0.2, 0.25) is 5.78 Å². The first-order valence-corrected chi connectivity index (χ1v) is 18.9. The topological polar surface area (TPSA) is 280 Å².